The van der Waals surface area contributed by atoms with Gasteiger partial charge in [-0.05, 0) is 36.8 Å². The third-order valence-corrected chi connectivity index (χ3v) is 3.19. The zero-order valence-electron chi connectivity index (χ0n) is 9.41. The number of rotatable bonds is 3. The highest BCUT2D eigenvalue weighted by Gasteiger charge is 2.12. The molecule has 0 amide bonds. The predicted octanol–water partition coefficient (Wildman–Crippen LogP) is 4.66. The first-order valence-corrected chi connectivity index (χ1v) is 6.18. The lowest BCUT2D eigenvalue weighted by Gasteiger charge is -2.05. The van der Waals surface area contributed by atoms with Gasteiger partial charge in [-0.3, -0.25) is 0 Å². The summed E-state index contributed by atoms with van der Waals surface area (Å²) in [7, 11) is 0. The van der Waals surface area contributed by atoms with Crippen LogP contribution in [0.15, 0.2) is 34.7 Å². The maximum Gasteiger partial charge on any atom is 0.135 e. The van der Waals surface area contributed by atoms with Crippen LogP contribution >= 0.6 is 23.2 Å². The van der Waals surface area contributed by atoms with Gasteiger partial charge in [0.25, 0.3) is 0 Å². The zero-order valence-corrected chi connectivity index (χ0v) is 10.9. The molecule has 1 unspecified atom stereocenters. The molecule has 0 aliphatic rings. The summed E-state index contributed by atoms with van der Waals surface area (Å²) in [6.07, 6.45) is 0.830. The van der Waals surface area contributed by atoms with E-state index >= 15 is 0 Å². The van der Waals surface area contributed by atoms with Crippen molar-refractivity contribution in [2.24, 2.45) is 5.73 Å². The molecule has 90 valence electrons. The summed E-state index contributed by atoms with van der Waals surface area (Å²) in [5.74, 6) is 1.45. The van der Waals surface area contributed by atoms with Crippen LogP contribution in [0.2, 0.25) is 10.0 Å². The normalized spacial score (nSPS) is 12.7. The molecule has 0 saturated heterocycles. The van der Waals surface area contributed by atoms with Gasteiger partial charge >= 0.3 is 0 Å². The minimum Gasteiger partial charge on any atom is -0.459 e. The van der Waals surface area contributed by atoms with E-state index in [9.17, 15) is 0 Å². The molecule has 4 heteroatoms. The van der Waals surface area contributed by atoms with Gasteiger partial charge in [0.2, 0.25) is 0 Å². The highest BCUT2D eigenvalue weighted by atomic mass is 35.5. The van der Waals surface area contributed by atoms with E-state index in [1.165, 1.54) is 0 Å². The van der Waals surface area contributed by atoms with Gasteiger partial charge in [0.15, 0.2) is 0 Å². The van der Waals surface area contributed by atoms with Gasteiger partial charge in [0.1, 0.15) is 11.5 Å². The molecule has 2 rings (SSSR count). The summed E-state index contributed by atoms with van der Waals surface area (Å²) in [5, 5.41) is 1.24. The van der Waals surface area contributed by atoms with E-state index in [-0.39, 0.29) is 6.04 Å². The average molecular weight is 270 g/mol. The Labute approximate surface area is 110 Å². The second-order valence-corrected chi connectivity index (χ2v) is 4.68. The van der Waals surface area contributed by atoms with Crippen molar-refractivity contribution in [2.75, 3.05) is 0 Å². The van der Waals surface area contributed by atoms with Crippen LogP contribution < -0.4 is 5.73 Å². The number of hydrogen-bond donors (Lipinski definition) is 1. The van der Waals surface area contributed by atoms with Crippen molar-refractivity contribution >= 4 is 23.2 Å². The molecule has 2 aromatic rings. The predicted molar refractivity (Wildman–Crippen MR) is 71.4 cm³/mol. The summed E-state index contributed by atoms with van der Waals surface area (Å²) in [4.78, 5) is 0. The third kappa shape index (κ3) is 2.65. The summed E-state index contributed by atoms with van der Waals surface area (Å²) in [6.45, 7) is 2.01. The minimum absolute atomic E-state index is 0.0818. The number of benzene rings is 1. The number of furan rings is 1. The molecule has 0 aliphatic heterocycles. The van der Waals surface area contributed by atoms with E-state index < -0.39 is 0 Å². The van der Waals surface area contributed by atoms with Crippen LogP contribution in [0, 0.1) is 0 Å². The topological polar surface area (TPSA) is 39.2 Å². The van der Waals surface area contributed by atoms with E-state index in [1.54, 1.807) is 18.2 Å². The largest absolute Gasteiger partial charge is 0.459 e. The second kappa shape index (κ2) is 5.13. The Morgan fingerprint density at radius 3 is 2.71 bits per heavy atom. The van der Waals surface area contributed by atoms with E-state index in [4.69, 9.17) is 33.4 Å². The number of halogens is 2. The van der Waals surface area contributed by atoms with Gasteiger partial charge in [0.05, 0.1) is 11.1 Å². The molecule has 1 aromatic heterocycles. The average Bonchev–Trinajstić information content (AvgIpc) is 2.80. The lowest BCUT2D eigenvalue weighted by atomic mass is 10.1. The standard InChI is InChI=1S/C13H13Cl2NO/c1-2-11(16)13-6-5-12(17-13)9-7-8(14)3-4-10(9)15/h3-7,11H,2,16H2,1H3. The van der Waals surface area contributed by atoms with Gasteiger partial charge in [0, 0.05) is 10.6 Å². The first-order chi connectivity index (χ1) is 8.11. The molecule has 1 aromatic carbocycles. The monoisotopic (exact) mass is 269 g/mol. The molecule has 0 aliphatic carbocycles. The Morgan fingerprint density at radius 1 is 1.24 bits per heavy atom. The maximum absolute atomic E-state index is 6.10. The third-order valence-electron chi connectivity index (χ3n) is 2.63. The fourth-order valence-electron chi connectivity index (χ4n) is 1.58. The molecule has 0 bridgehead atoms. The summed E-state index contributed by atoms with van der Waals surface area (Å²) < 4.78 is 5.69. The van der Waals surface area contributed by atoms with Crippen LogP contribution in [0.25, 0.3) is 11.3 Å². The molecule has 0 spiro atoms. The van der Waals surface area contributed by atoms with Gasteiger partial charge in [-0.2, -0.15) is 0 Å². The van der Waals surface area contributed by atoms with Crippen LogP contribution in [0.1, 0.15) is 25.1 Å². The van der Waals surface area contributed by atoms with Gasteiger partial charge in [-0.1, -0.05) is 30.1 Å². The summed E-state index contributed by atoms with van der Waals surface area (Å²) in [5.41, 5.74) is 6.69. The quantitative estimate of drug-likeness (QED) is 0.880. The number of nitrogens with two attached hydrogens (primary N) is 1. The first kappa shape index (κ1) is 12.5. The van der Waals surface area contributed by atoms with Crippen molar-refractivity contribution in [1.29, 1.82) is 0 Å². The van der Waals surface area contributed by atoms with Crippen molar-refractivity contribution in [3.8, 4) is 11.3 Å². The maximum atomic E-state index is 6.10. The Morgan fingerprint density at radius 2 is 2.00 bits per heavy atom. The zero-order chi connectivity index (χ0) is 12.4. The fraction of sp³-hybridized carbons (Fsp3) is 0.231. The molecule has 2 N–H and O–H groups in total. The lowest BCUT2D eigenvalue weighted by Crippen LogP contribution is -2.06. The Kier molecular flexibility index (Phi) is 3.77. The van der Waals surface area contributed by atoms with Crippen LogP contribution in [-0.4, -0.2) is 0 Å². The van der Waals surface area contributed by atoms with Crippen molar-refractivity contribution in [2.45, 2.75) is 19.4 Å². The van der Waals surface area contributed by atoms with Crippen molar-refractivity contribution in [1.82, 2.24) is 0 Å². The van der Waals surface area contributed by atoms with E-state index in [1.807, 2.05) is 19.1 Å². The molecule has 2 nitrogen and oxygen atoms in total. The van der Waals surface area contributed by atoms with E-state index in [0.717, 1.165) is 17.7 Å². The Balaban J connectivity index is 2.40. The van der Waals surface area contributed by atoms with Crippen LogP contribution in [0.3, 0.4) is 0 Å². The molecular formula is C13H13Cl2NO. The number of hydrogen-bond acceptors (Lipinski definition) is 2. The molecule has 17 heavy (non-hydrogen) atoms. The van der Waals surface area contributed by atoms with Crippen molar-refractivity contribution < 1.29 is 4.42 Å². The first-order valence-electron chi connectivity index (χ1n) is 5.42. The smallest absolute Gasteiger partial charge is 0.135 e. The SMILES string of the molecule is CCC(N)c1ccc(-c2cc(Cl)ccc2Cl)o1. The summed E-state index contributed by atoms with van der Waals surface area (Å²) >= 11 is 12.0. The van der Waals surface area contributed by atoms with E-state index in [0.29, 0.717) is 15.8 Å². The van der Waals surface area contributed by atoms with Gasteiger partial charge < -0.3 is 10.2 Å². The lowest BCUT2D eigenvalue weighted by molar-refractivity contribution is 0.470. The minimum atomic E-state index is -0.0818. The Hall–Kier alpha value is -0.960. The van der Waals surface area contributed by atoms with E-state index in [2.05, 4.69) is 0 Å². The van der Waals surface area contributed by atoms with Crippen LogP contribution in [-0.2, 0) is 0 Å². The van der Waals surface area contributed by atoms with Crippen LogP contribution in [0.5, 0.6) is 0 Å². The second-order valence-electron chi connectivity index (χ2n) is 3.84. The van der Waals surface area contributed by atoms with Gasteiger partial charge in [-0.15, -0.1) is 0 Å². The van der Waals surface area contributed by atoms with Crippen molar-refractivity contribution in [3.63, 3.8) is 0 Å². The molecule has 1 heterocycles. The molecule has 1 atom stereocenters. The molecular weight excluding hydrogens is 257 g/mol. The molecule has 0 radical (unpaired) electrons. The van der Waals surface area contributed by atoms with Gasteiger partial charge in [-0.25, -0.2) is 0 Å². The molecule has 0 fully saturated rings. The molecule has 0 saturated carbocycles. The van der Waals surface area contributed by atoms with Crippen molar-refractivity contribution in [3.05, 3.63) is 46.1 Å². The Bertz CT molecular complexity index is 522. The summed E-state index contributed by atoms with van der Waals surface area (Å²) in [6, 6.07) is 8.94. The highest BCUT2D eigenvalue weighted by molar-refractivity contribution is 6.35. The fourth-order valence-corrected chi connectivity index (χ4v) is 1.97. The highest BCUT2D eigenvalue weighted by Crippen LogP contribution is 2.32. The van der Waals surface area contributed by atoms with Crippen LogP contribution in [0.4, 0.5) is 0 Å².